The zero-order valence-corrected chi connectivity index (χ0v) is 6.47. The van der Waals surface area contributed by atoms with Gasteiger partial charge in [-0.25, -0.2) is 4.98 Å². The van der Waals surface area contributed by atoms with E-state index in [0.717, 1.165) is 11.5 Å². The summed E-state index contributed by atoms with van der Waals surface area (Å²) in [6, 6.07) is 0. The highest BCUT2D eigenvalue weighted by atomic mass is 32.1. The minimum absolute atomic E-state index is 0.221. The van der Waals surface area contributed by atoms with Gasteiger partial charge in [0, 0.05) is 11.5 Å². The van der Waals surface area contributed by atoms with Crippen LogP contribution in [0.2, 0.25) is 0 Å². The first-order valence-electron chi connectivity index (χ1n) is 2.96. The van der Waals surface area contributed by atoms with Gasteiger partial charge in [0.2, 0.25) is 0 Å². The van der Waals surface area contributed by atoms with Crippen LogP contribution in [0.1, 0.15) is 5.82 Å². The molecule has 0 aliphatic heterocycles. The number of aromatic nitrogens is 4. The van der Waals surface area contributed by atoms with Gasteiger partial charge in [-0.3, -0.25) is 4.79 Å². The predicted molar refractivity (Wildman–Crippen MR) is 40.6 cm³/mol. The SMILES string of the molecule is Cc1nc2snnc2c(=O)[nH]1. The van der Waals surface area contributed by atoms with Crippen LogP contribution in [0, 0.1) is 6.92 Å². The summed E-state index contributed by atoms with van der Waals surface area (Å²) < 4.78 is 3.61. The zero-order chi connectivity index (χ0) is 7.84. The summed E-state index contributed by atoms with van der Waals surface area (Å²) >= 11 is 1.12. The number of aryl methyl sites for hydroxylation is 1. The number of fused-ring (bicyclic) bond motifs is 1. The highest BCUT2D eigenvalue weighted by Gasteiger charge is 2.03. The summed E-state index contributed by atoms with van der Waals surface area (Å²) in [5.74, 6) is 0.591. The number of hydrogen-bond donors (Lipinski definition) is 1. The van der Waals surface area contributed by atoms with E-state index in [9.17, 15) is 4.79 Å². The fourth-order valence-corrected chi connectivity index (χ4v) is 1.40. The Balaban J connectivity index is 3.02. The van der Waals surface area contributed by atoms with Crippen LogP contribution in [0.4, 0.5) is 0 Å². The first-order valence-corrected chi connectivity index (χ1v) is 3.74. The molecule has 0 radical (unpaired) electrons. The first kappa shape index (κ1) is 6.41. The Labute approximate surface area is 65.3 Å². The van der Waals surface area contributed by atoms with E-state index in [-0.39, 0.29) is 5.56 Å². The number of hydrogen-bond acceptors (Lipinski definition) is 5. The van der Waals surface area contributed by atoms with E-state index in [2.05, 4.69) is 19.6 Å². The molecule has 0 aliphatic rings. The van der Waals surface area contributed by atoms with Crippen LogP contribution in [0.5, 0.6) is 0 Å². The molecule has 0 unspecified atom stereocenters. The van der Waals surface area contributed by atoms with Gasteiger partial charge in [0.1, 0.15) is 5.82 Å². The van der Waals surface area contributed by atoms with Crippen LogP contribution >= 0.6 is 11.5 Å². The molecule has 2 aromatic rings. The summed E-state index contributed by atoms with van der Waals surface area (Å²) in [6.45, 7) is 1.72. The van der Waals surface area contributed by atoms with Crippen LogP contribution in [-0.2, 0) is 0 Å². The molecule has 11 heavy (non-hydrogen) atoms. The molecular weight excluding hydrogens is 164 g/mol. The van der Waals surface area contributed by atoms with Crippen LogP contribution in [-0.4, -0.2) is 19.6 Å². The number of H-pyrrole nitrogens is 1. The van der Waals surface area contributed by atoms with Crippen molar-refractivity contribution in [2.24, 2.45) is 0 Å². The lowest BCUT2D eigenvalue weighted by atomic mass is 10.5. The van der Waals surface area contributed by atoms with E-state index in [4.69, 9.17) is 0 Å². The number of rotatable bonds is 0. The lowest BCUT2D eigenvalue weighted by molar-refractivity contribution is 1.05. The van der Waals surface area contributed by atoms with Gasteiger partial charge < -0.3 is 4.98 Å². The highest BCUT2D eigenvalue weighted by Crippen LogP contribution is 2.05. The molecule has 5 nitrogen and oxygen atoms in total. The molecule has 0 saturated carbocycles. The van der Waals surface area contributed by atoms with Crippen molar-refractivity contribution < 1.29 is 0 Å². The summed E-state index contributed by atoms with van der Waals surface area (Å²) in [5, 5.41) is 3.62. The van der Waals surface area contributed by atoms with Crippen molar-refractivity contribution in [1.29, 1.82) is 0 Å². The zero-order valence-electron chi connectivity index (χ0n) is 5.66. The van der Waals surface area contributed by atoms with E-state index in [1.165, 1.54) is 0 Å². The minimum atomic E-state index is -0.221. The third-order valence-electron chi connectivity index (χ3n) is 1.25. The Bertz CT molecular complexity index is 445. The monoisotopic (exact) mass is 168 g/mol. The van der Waals surface area contributed by atoms with Crippen molar-refractivity contribution >= 4 is 21.9 Å². The molecule has 0 saturated heterocycles. The Kier molecular flexibility index (Phi) is 1.22. The van der Waals surface area contributed by atoms with E-state index in [1.54, 1.807) is 6.92 Å². The van der Waals surface area contributed by atoms with E-state index < -0.39 is 0 Å². The number of nitrogens with zero attached hydrogens (tertiary/aromatic N) is 3. The van der Waals surface area contributed by atoms with Gasteiger partial charge in [-0.1, -0.05) is 4.49 Å². The fraction of sp³-hybridized carbons (Fsp3) is 0.200. The number of nitrogens with one attached hydrogen (secondary N) is 1. The van der Waals surface area contributed by atoms with Crippen molar-refractivity contribution in [1.82, 2.24) is 19.6 Å². The molecule has 2 aromatic heterocycles. The predicted octanol–water partition coefficient (Wildman–Crippen LogP) is 0.0830. The molecule has 0 bridgehead atoms. The van der Waals surface area contributed by atoms with Crippen molar-refractivity contribution in [3.8, 4) is 0 Å². The molecular formula is C5H4N4OS. The standard InChI is InChI=1S/C5H4N4OS/c1-2-6-4(10)3-5(7-2)11-9-8-3/h1H3,(H,6,7,10). The van der Waals surface area contributed by atoms with E-state index in [0.29, 0.717) is 16.2 Å². The van der Waals surface area contributed by atoms with Crippen LogP contribution in [0.25, 0.3) is 10.3 Å². The van der Waals surface area contributed by atoms with Gasteiger partial charge in [-0.05, 0) is 6.92 Å². The van der Waals surface area contributed by atoms with Gasteiger partial charge in [-0.15, -0.1) is 5.10 Å². The Morgan fingerprint density at radius 1 is 1.55 bits per heavy atom. The molecule has 2 rings (SSSR count). The number of aromatic amines is 1. The smallest absolute Gasteiger partial charge is 0.280 e. The summed E-state index contributed by atoms with van der Waals surface area (Å²) in [6.07, 6.45) is 0. The molecule has 0 fully saturated rings. The molecule has 0 spiro atoms. The largest absolute Gasteiger partial charge is 0.309 e. The van der Waals surface area contributed by atoms with Crippen molar-refractivity contribution in [3.63, 3.8) is 0 Å². The van der Waals surface area contributed by atoms with Crippen molar-refractivity contribution in [3.05, 3.63) is 16.2 Å². The molecule has 56 valence electrons. The molecule has 0 aliphatic carbocycles. The lowest BCUT2D eigenvalue weighted by Gasteiger charge is -1.87. The Morgan fingerprint density at radius 2 is 2.36 bits per heavy atom. The second-order valence-electron chi connectivity index (χ2n) is 2.08. The van der Waals surface area contributed by atoms with Gasteiger partial charge in [0.15, 0.2) is 10.3 Å². The molecule has 1 N–H and O–H groups in total. The van der Waals surface area contributed by atoms with Gasteiger partial charge in [-0.2, -0.15) is 0 Å². The summed E-state index contributed by atoms with van der Waals surface area (Å²) in [5.41, 5.74) is 0.0989. The van der Waals surface area contributed by atoms with Gasteiger partial charge >= 0.3 is 0 Å². The Morgan fingerprint density at radius 3 is 3.18 bits per heavy atom. The normalized spacial score (nSPS) is 10.6. The molecule has 0 atom stereocenters. The van der Waals surface area contributed by atoms with Crippen LogP contribution in [0.15, 0.2) is 4.79 Å². The fourth-order valence-electron chi connectivity index (χ4n) is 0.806. The highest BCUT2D eigenvalue weighted by molar-refractivity contribution is 7.12. The third-order valence-corrected chi connectivity index (χ3v) is 1.87. The maximum atomic E-state index is 11.1. The van der Waals surface area contributed by atoms with Gasteiger partial charge in [0.05, 0.1) is 0 Å². The van der Waals surface area contributed by atoms with Crippen molar-refractivity contribution in [2.45, 2.75) is 6.92 Å². The third kappa shape index (κ3) is 0.911. The van der Waals surface area contributed by atoms with Crippen molar-refractivity contribution in [2.75, 3.05) is 0 Å². The second kappa shape index (κ2) is 2.09. The molecule has 2 heterocycles. The van der Waals surface area contributed by atoms with Crippen LogP contribution < -0.4 is 5.56 Å². The van der Waals surface area contributed by atoms with E-state index >= 15 is 0 Å². The molecule has 6 heteroatoms. The quantitative estimate of drug-likeness (QED) is 0.604. The minimum Gasteiger partial charge on any atom is -0.309 e. The summed E-state index contributed by atoms with van der Waals surface area (Å²) in [7, 11) is 0. The second-order valence-corrected chi connectivity index (χ2v) is 2.81. The van der Waals surface area contributed by atoms with Crippen LogP contribution in [0.3, 0.4) is 0 Å². The average molecular weight is 168 g/mol. The summed E-state index contributed by atoms with van der Waals surface area (Å²) in [4.78, 5) is 18.2. The Hall–Kier alpha value is -1.30. The topological polar surface area (TPSA) is 71.5 Å². The average Bonchev–Trinajstić information content (AvgIpc) is 2.34. The molecule has 0 amide bonds. The molecule has 0 aromatic carbocycles. The van der Waals surface area contributed by atoms with Gasteiger partial charge in [0.25, 0.3) is 5.56 Å². The first-order chi connectivity index (χ1) is 5.27. The maximum absolute atomic E-state index is 11.1. The van der Waals surface area contributed by atoms with E-state index in [1.807, 2.05) is 0 Å². The maximum Gasteiger partial charge on any atom is 0.280 e. The lowest BCUT2D eigenvalue weighted by Crippen LogP contribution is -2.08.